The molecule has 2 aromatic rings. The summed E-state index contributed by atoms with van der Waals surface area (Å²) in [5.41, 5.74) is -6.04. The summed E-state index contributed by atoms with van der Waals surface area (Å²) < 4.78 is 69.1. The topological polar surface area (TPSA) is 84.9 Å². The van der Waals surface area contributed by atoms with Gasteiger partial charge in [-0.25, -0.2) is 4.39 Å². The Bertz CT molecular complexity index is 1390. The van der Waals surface area contributed by atoms with E-state index in [4.69, 9.17) is 21.1 Å². The van der Waals surface area contributed by atoms with E-state index in [-0.39, 0.29) is 41.3 Å². The Morgan fingerprint density at radius 2 is 1.68 bits per heavy atom. The van der Waals surface area contributed by atoms with Gasteiger partial charge in [-0.1, -0.05) is 25.4 Å². The van der Waals surface area contributed by atoms with Crippen molar-refractivity contribution in [1.29, 1.82) is 0 Å². The van der Waals surface area contributed by atoms with Crippen LogP contribution in [-0.4, -0.2) is 43.5 Å². The van der Waals surface area contributed by atoms with E-state index in [0.29, 0.717) is 4.90 Å². The molecule has 0 unspecified atom stereocenters. The van der Waals surface area contributed by atoms with Crippen LogP contribution in [0.3, 0.4) is 0 Å². The van der Waals surface area contributed by atoms with Crippen molar-refractivity contribution in [2.45, 2.75) is 38.4 Å². The summed E-state index contributed by atoms with van der Waals surface area (Å²) in [6.45, 7) is 3.34. The molecule has 0 spiro atoms. The van der Waals surface area contributed by atoms with Crippen molar-refractivity contribution in [3.63, 3.8) is 0 Å². The Balaban J connectivity index is 1.92. The van der Waals surface area contributed by atoms with E-state index in [1.165, 1.54) is 26.4 Å². The van der Waals surface area contributed by atoms with Gasteiger partial charge in [0.25, 0.3) is 11.8 Å². The van der Waals surface area contributed by atoms with Crippen LogP contribution in [0.15, 0.2) is 47.7 Å². The van der Waals surface area contributed by atoms with Crippen LogP contribution < -0.4 is 19.7 Å². The number of hydrogen-bond donors (Lipinski definition) is 1. The van der Waals surface area contributed by atoms with Gasteiger partial charge in [-0.3, -0.25) is 19.3 Å². The minimum atomic E-state index is -5.42. The first-order chi connectivity index (χ1) is 17.7. The fourth-order valence-electron chi connectivity index (χ4n) is 4.87. The second-order valence-electron chi connectivity index (χ2n) is 9.77. The lowest BCUT2D eigenvalue weighted by Gasteiger charge is -2.35. The second-order valence-corrected chi connectivity index (χ2v) is 10.2. The van der Waals surface area contributed by atoms with Crippen LogP contribution in [0, 0.1) is 11.2 Å². The third-order valence-electron chi connectivity index (χ3n) is 6.55. The van der Waals surface area contributed by atoms with E-state index in [1.807, 2.05) is 5.32 Å². The van der Waals surface area contributed by atoms with E-state index < -0.39 is 51.1 Å². The highest BCUT2D eigenvalue weighted by Crippen LogP contribution is 2.53. The highest BCUT2D eigenvalue weighted by molar-refractivity contribution is 6.31. The fraction of sp³-hybridized carbons (Fsp3) is 0.346. The number of amides is 2. The van der Waals surface area contributed by atoms with Gasteiger partial charge in [0.05, 0.1) is 30.5 Å². The molecule has 12 heteroatoms. The SMILES string of the molecule is COc1ccc(C(=O)N[C@@]2(C(F)(F)F)C(=O)N(c3ccc(F)c(Cl)c3)C3=C2C(=O)CC(C)(C)C3)cc1OC. The highest BCUT2D eigenvalue weighted by atomic mass is 35.5. The zero-order chi connectivity index (χ0) is 28.2. The predicted molar refractivity (Wildman–Crippen MR) is 130 cm³/mol. The van der Waals surface area contributed by atoms with Crippen molar-refractivity contribution in [2.24, 2.45) is 5.41 Å². The standard InChI is InChI=1S/C26H23ClF4N2O5/c1-24(2)11-17-21(18(34)12-24)25(26(29,30)31,23(36)33(17)14-6-7-16(28)15(27)10-14)32-22(35)13-5-8-19(37-3)20(9-13)38-4/h5-10H,11-12H2,1-4H3,(H,32,35)/t25-/m1/s1. The normalized spacial score (nSPS) is 20.9. The molecule has 1 aliphatic carbocycles. The van der Waals surface area contributed by atoms with Crippen molar-refractivity contribution >= 4 is 34.9 Å². The highest BCUT2D eigenvalue weighted by Gasteiger charge is 2.72. The molecule has 4 rings (SSSR count). The van der Waals surface area contributed by atoms with Gasteiger partial charge in [-0.05, 0) is 48.2 Å². The lowest BCUT2D eigenvalue weighted by atomic mass is 9.72. The van der Waals surface area contributed by atoms with E-state index in [0.717, 1.165) is 24.3 Å². The molecule has 38 heavy (non-hydrogen) atoms. The minimum absolute atomic E-state index is 0.0666. The molecule has 2 aliphatic rings. The van der Waals surface area contributed by atoms with E-state index in [1.54, 1.807) is 13.8 Å². The number of nitrogens with zero attached hydrogens (tertiary/aromatic N) is 1. The molecule has 7 nitrogen and oxygen atoms in total. The smallest absolute Gasteiger partial charge is 0.425 e. The number of nitrogens with one attached hydrogen (secondary N) is 1. The number of Topliss-reactive ketones (excluding diaryl/α,β-unsaturated/α-hetero) is 1. The Labute approximate surface area is 220 Å². The van der Waals surface area contributed by atoms with E-state index in [9.17, 15) is 31.9 Å². The van der Waals surface area contributed by atoms with Gasteiger partial charge in [-0.2, -0.15) is 13.2 Å². The number of halogens is 5. The summed E-state index contributed by atoms with van der Waals surface area (Å²) in [6, 6.07) is 6.63. The van der Waals surface area contributed by atoms with Gasteiger partial charge >= 0.3 is 6.18 Å². The fourth-order valence-corrected chi connectivity index (χ4v) is 5.04. The van der Waals surface area contributed by atoms with Crippen molar-refractivity contribution < 1.29 is 41.4 Å². The number of ether oxygens (including phenoxy) is 2. The molecule has 0 aromatic heterocycles. The summed E-state index contributed by atoms with van der Waals surface area (Å²) >= 11 is 5.87. The zero-order valence-electron chi connectivity index (χ0n) is 20.8. The maximum atomic E-state index is 15.0. The molecule has 0 saturated carbocycles. The first-order valence-electron chi connectivity index (χ1n) is 11.3. The molecule has 1 heterocycles. The maximum Gasteiger partial charge on any atom is 0.425 e. The molecule has 1 aliphatic heterocycles. The number of hydrogen-bond acceptors (Lipinski definition) is 5. The second kappa shape index (κ2) is 9.30. The number of alkyl halides is 3. The molecule has 2 amide bonds. The lowest BCUT2D eigenvalue weighted by molar-refractivity contribution is -0.186. The molecule has 1 atom stereocenters. The van der Waals surface area contributed by atoms with Crippen molar-refractivity contribution in [3.8, 4) is 11.5 Å². The first-order valence-corrected chi connectivity index (χ1v) is 11.7. The average Bonchev–Trinajstić information content (AvgIpc) is 3.07. The minimum Gasteiger partial charge on any atom is -0.493 e. The van der Waals surface area contributed by atoms with Crippen LogP contribution in [0.25, 0.3) is 0 Å². The number of carbonyl (C=O) groups is 3. The monoisotopic (exact) mass is 554 g/mol. The molecule has 202 valence electrons. The first kappa shape index (κ1) is 27.4. The zero-order valence-corrected chi connectivity index (χ0v) is 21.5. The maximum absolute atomic E-state index is 15.0. The quantitative estimate of drug-likeness (QED) is 0.513. The largest absolute Gasteiger partial charge is 0.493 e. The molecule has 0 radical (unpaired) electrons. The average molecular weight is 555 g/mol. The van der Waals surface area contributed by atoms with Crippen LogP contribution in [0.2, 0.25) is 5.02 Å². The van der Waals surface area contributed by atoms with Crippen molar-refractivity contribution in [1.82, 2.24) is 5.32 Å². The molecule has 0 saturated heterocycles. The Morgan fingerprint density at radius 3 is 2.26 bits per heavy atom. The lowest BCUT2D eigenvalue weighted by Crippen LogP contribution is -2.66. The molecule has 2 aromatic carbocycles. The summed E-state index contributed by atoms with van der Waals surface area (Å²) in [5.74, 6) is -4.40. The number of methoxy groups -OCH3 is 2. The van der Waals surface area contributed by atoms with Crippen LogP contribution in [-0.2, 0) is 9.59 Å². The van der Waals surface area contributed by atoms with Gasteiger partial charge in [-0.15, -0.1) is 0 Å². The summed E-state index contributed by atoms with van der Waals surface area (Å²) in [4.78, 5) is 41.0. The van der Waals surface area contributed by atoms with Gasteiger partial charge < -0.3 is 14.8 Å². The number of carbonyl (C=O) groups excluding carboxylic acids is 3. The van der Waals surface area contributed by atoms with Crippen LogP contribution in [0.1, 0.15) is 37.0 Å². The molecule has 0 bridgehead atoms. The van der Waals surface area contributed by atoms with Gasteiger partial charge in [0.2, 0.25) is 5.54 Å². The summed E-state index contributed by atoms with van der Waals surface area (Å²) in [7, 11) is 2.62. The van der Waals surface area contributed by atoms with Gasteiger partial charge in [0.1, 0.15) is 5.82 Å². The molecular formula is C26H23ClF4N2O5. The van der Waals surface area contributed by atoms with Crippen LogP contribution in [0.5, 0.6) is 11.5 Å². The van der Waals surface area contributed by atoms with Gasteiger partial charge in [0.15, 0.2) is 17.3 Å². The third kappa shape index (κ3) is 4.28. The van der Waals surface area contributed by atoms with Crippen LogP contribution >= 0.6 is 11.6 Å². The Kier molecular flexibility index (Phi) is 6.71. The number of anilines is 1. The molecular weight excluding hydrogens is 532 g/mol. The Morgan fingerprint density at radius 1 is 1.03 bits per heavy atom. The number of rotatable bonds is 5. The summed E-state index contributed by atoms with van der Waals surface area (Å²) in [5, 5.41) is 1.40. The Hall–Kier alpha value is -3.60. The number of benzene rings is 2. The summed E-state index contributed by atoms with van der Waals surface area (Å²) in [6.07, 6.45) is -5.81. The van der Waals surface area contributed by atoms with E-state index >= 15 is 0 Å². The van der Waals surface area contributed by atoms with E-state index in [2.05, 4.69) is 0 Å². The third-order valence-corrected chi connectivity index (χ3v) is 6.84. The molecule has 1 N–H and O–H groups in total. The molecule has 0 fully saturated rings. The van der Waals surface area contributed by atoms with Gasteiger partial charge in [0, 0.05) is 17.7 Å². The predicted octanol–water partition coefficient (Wildman–Crippen LogP) is 5.22. The number of ketones is 1. The van der Waals surface area contributed by atoms with Crippen molar-refractivity contribution in [3.05, 3.63) is 64.1 Å². The van der Waals surface area contributed by atoms with Crippen LogP contribution in [0.4, 0.5) is 23.2 Å². The van der Waals surface area contributed by atoms with Crippen molar-refractivity contribution in [2.75, 3.05) is 19.1 Å². The number of allylic oxidation sites excluding steroid dienone is 1.